The molecule has 1 aromatic carbocycles. The van der Waals surface area contributed by atoms with Crippen molar-refractivity contribution in [3.8, 4) is 0 Å². The Morgan fingerprint density at radius 1 is 1.15 bits per heavy atom. The Hall–Kier alpha value is -2.29. The van der Waals surface area contributed by atoms with Gasteiger partial charge in [0.2, 0.25) is 0 Å². The van der Waals surface area contributed by atoms with Crippen LogP contribution in [-0.2, 0) is 6.18 Å². The minimum absolute atomic E-state index is 0.0278. The lowest BCUT2D eigenvalue weighted by Crippen LogP contribution is -2.32. The summed E-state index contributed by atoms with van der Waals surface area (Å²) in [5.74, 6) is -0.0555. The molecule has 5 N–H and O–H groups in total. The summed E-state index contributed by atoms with van der Waals surface area (Å²) >= 11 is 5.49. The molecule has 10 heteroatoms. The minimum atomic E-state index is -4.56. The molecule has 1 aliphatic rings. The fourth-order valence-electron chi connectivity index (χ4n) is 1.38. The highest BCUT2D eigenvalue weighted by atomic mass is 35.5. The molecule has 0 unspecified atom stereocenters. The molecule has 1 aliphatic heterocycles. The number of amidine groups is 2. The van der Waals surface area contributed by atoms with Crippen molar-refractivity contribution in [1.29, 1.82) is 0 Å². The maximum Gasteiger partial charge on any atom is 0.417 e. The summed E-state index contributed by atoms with van der Waals surface area (Å²) < 4.78 is 38.0. The van der Waals surface area contributed by atoms with E-state index >= 15 is 0 Å². The number of halogens is 4. The molecule has 0 saturated heterocycles. The van der Waals surface area contributed by atoms with Gasteiger partial charge in [0.05, 0.1) is 16.3 Å². The van der Waals surface area contributed by atoms with Crippen LogP contribution in [-0.4, -0.2) is 17.4 Å². The average Bonchev–Trinajstić information content (AvgIpc) is 2.67. The molecule has 20 heavy (non-hydrogen) atoms. The molecule has 1 heterocycles. The van der Waals surface area contributed by atoms with Crippen LogP contribution in [0.15, 0.2) is 33.5 Å². The predicted molar refractivity (Wildman–Crippen MR) is 70.8 cm³/mol. The van der Waals surface area contributed by atoms with E-state index in [1.807, 2.05) is 0 Å². The maximum atomic E-state index is 12.7. The van der Waals surface area contributed by atoms with Crippen LogP contribution >= 0.6 is 11.6 Å². The number of hydrogen-bond donors (Lipinski definition) is 3. The molecule has 0 bridgehead atoms. The van der Waals surface area contributed by atoms with Crippen LogP contribution in [0.1, 0.15) is 5.56 Å². The minimum Gasteiger partial charge on any atom is -0.380 e. The van der Waals surface area contributed by atoms with Gasteiger partial charge in [-0.3, -0.25) is 5.43 Å². The van der Waals surface area contributed by atoms with Crippen molar-refractivity contribution < 1.29 is 13.2 Å². The van der Waals surface area contributed by atoms with E-state index < -0.39 is 16.8 Å². The number of anilines is 1. The van der Waals surface area contributed by atoms with Gasteiger partial charge in [0.15, 0.2) is 17.4 Å². The second-order valence-corrected chi connectivity index (χ2v) is 4.14. The summed E-state index contributed by atoms with van der Waals surface area (Å²) in [5, 5.41) is 10.3. The number of nitrogens with one attached hydrogen (secondary N) is 1. The van der Waals surface area contributed by atoms with Gasteiger partial charge >= 0.3 is 6.18 Å². The molecule has 0 spiro atoms. The van der Waals surface area contributed by atoms with Gasteiger partial charge in [0.25, 0.3) is 0 Å². The molecule has 106 valence electrons. The lowest BCUT2D eigenvalue weighted by Gasteiger charge is -2.10. The Kier molecular flexibility index (Phi) is 3.53. The average molecular weight is 305 g/mol. The molecule has 1 aromatic rings. The van der Waals surface area contributed by atoms with Crippen molar-refractivity contribution in [3.05, 3.63) is 28.8 Å². The zero-order valence-electron chi connectivity index (χ0n) is 9.74. The molecule has 6 nitrogen and oxygen atoms in total. The number of benzene rings is 1. The van der Waals surface area contributed by atoms with Gasteiger partial charge in [0.1, 0.15) is 0 Å². The first-order valence-electron chi connectivity index (χ1n) is 5.17. The molecule has 0 fully saturated rings. The van der Waals surface area contributed by atoms with E-state index in [1.165, 1.54) is 6.07 Å². The summed E-state index contributed by atoms with van der Waals surface area (Å²) in [6.45, 7) is 0. The first-order chi connectivity index (χ1) is 9.29. The van der Waals surface area contributed by atoms with Crippen molar-refractivity contribution in [2.24, 2.45) is 26.8 Å². The Morgan fingerprint density at radius 2 is 1.75 bits per heavy atom. The molecule has 0 aromatic heterocycles. The smallest absolute Gasteiger partial charge is 0.380 e. The van der Waals surface area contributed by atoms with Crippen LogP contribution in [0.4, 0.5) is 18.9 Å². The number of nitrogens with zero attached hydrogens (tertiary/aromatic N) is 3. The fraction of sp³-hybridized carbons (Fsp3) is 0.100. The first-order valence-corrected chi connectivity index (χ1v) is 5.54. The Balaban J connectivity index is 2.26. The highest BCUT2D eigenvalue weighted by Gasteiger charge is 2.33. The molecular weight excluding hydrogens is 297 g/mol. The number of nitrogens with two attached hydrogens (primary N) is 2. The van der Waals surface area contributed by atoms with E-state index in [1.54, 1.807) is 0 Å². The van der Waals surface area contributed by atoms with Crippen molar-refractivity contribution in [3.63, 3.8) is 0 Å². The topological polar surface area (TPSA) is 101 Å². The quantitative estimate of drug-likeness (QED) is 0.726. The van der Waals surface area contributed by atoms with Crippen LogP contribution in [0.2, 0.25) is 5.02 Å². The van der Waals surface area contributed by atoms with Crippen LogP contribution in [0, 0.1) is 0 Å². The first kappa shape index (κ1) is 14.1. The van der Waals surface area contributed by atoms with Crippen molar-refractivity contribution in [2.75, 3.05) is 5.43 Å². The summed E-state index contributed by atoms with van der Waals surface area (Å²) in [6.07, 6.45) is -4.56. The zero-order chi connectivity index (χ0) is 14.9. The lowest BCUT2D eigenvalue weighted by molar-refractivity contribution is -0.137. The van der Waals surface area contributed by atoms with Gasteiger partial charge < -0.3 is 11.5 Å². The third-order valence-corrected chi connectivity index (χ3v) is 2.65. The summed E-state index contributed by atoms with van der Waals surface area (Å²) in [5.41, 5.74) is 12.4. The standard InChI is InChI=1S/C10H8ClF3N6/c11-6-2-1-4(3-5(6)10(12,13)14)17-18-7-8(15)19-20-9(7)16/h1-3,17H,(H4,15,16,18,19,20). The highest BCUT2D eigenvalue weighted by Crippen LogP contribution is 2.36. The van der Waals surface area contributed by atoms with E-state index in [2.05, 4.69) is 20.7 Å². The molecule has 0 radical (unpaired) electrons. The molecule has 0 aliphatic carbocycles. The summed E-state index contributed by atoms with van der Waals surface area (Å²) in [7, 11) is 0. The normalized spacial score (nSPS) is 14.9. The number of hydrazone groups is 1. The molecule has 0 atom stereocenters. The fourth-order valence-corrected chi connectivity index (χ4v) is 1.61. The van der Waals surface area contributed by atoms with Crippen LogP contribution < -0.4 is 16.9 Å². The third-order valence-electron chi connectivity index (χ3n) is 2.32. The second kappa shape index (κ2) is 5.00. The Labute approximate surface area is 116 Å². The van der Waals surface area contributed by atoms with Crippen LogP contribution in [0.25, 0.3) is 0 Å². The molecule has 2 rings (SSSR count). The lowest BCUT2D eigenvalue weighted by atomic mass is 10.2. The Morgan fingerprint density at radius 3 is 2.30 bits per heavy atom. The van der Waals surface area contributed by atoms with E-state index in [9.17, 15) is 13.2 Å². The summed E-state index contributed by atoms with van der Waals surface area (Å²) in [6, 6.07) is 3.26. The van der Waals surface area contributed by atoms with Gasteiger partial charge in [-0.2, -0.15) is 18.3 Å². The number of rotatable bonds is 2. The van der Waals surface area contributed by atoms with Gasteiger partial charge in [-0.25, -0.2) is 0 Å². The van der Waals surface area contributed by atoms with Crippen LogP contribution in [0.5, 0.6) is 0 Å². The van der Waals surface area contributed by atoms with Gasteiger partial charge in [-0.1, -0.05) is 11.6 Å². The monoisotopic (exact) mass is 304 g/mol. The van der Waals surface area contributed by atoms with Crippen LogP contribution in [0.3, 0.4) is 0 Å². The van der Waals surface area contributed by atoms with E-state index in [0.717, 1.165) is 12.1 Å². The van der Waals surface area contributed by atoms with Gasteiger partial charge in [-0.15, -0.1) is 10.2 Å². The number of hydrogen-bond acceptors (Lipinski definition) is 6. The van der Waals surface area contributed by atoms with Crippen molar-refractivity contribution >= 4 is 34.7 Å². The van der Waals surface area contributed by atoms with Crippen molar-refractivity contribution in [2.45, 2.75) is 6.18 Å². The molecule has 0 amide bonds. The van der Waals surface area contributed by atoms with E-state index in [-0.39, 0.29) is 23.1 Å². The van der Waals surface area contributed by atoms with Gasteiger partial charge in [0, 0.05) is 0 Å². The molecule has 0 saturated carbocycles. The Bertz CT molecular complexity index is 614. The second-order valence-electron chi connectivity index (χ2n) is 3.74. The summed E-state index contributed by atoms with van der Waals surface area (Å²) in [4.78, 5) is 0. The van der Waals surface area contributed by atoms with E-state index in [0.29, 0.717) is 0 Å². The predicted octanol–water partition coefficient (Wildman–Crippen LogP) is 1.77. The zero-order valence-corrected chi connectivity index (χ0v) is 10.5. The third kappa shape index (κ3) is 2.82. The largest absolute Gasteiger partial charge is 0.417 e. The molecular formula is C10H8ClF3N6. The van der Waals surface area contributed by atoms with Gasteiger partial charge in [-0.05, 0) is 18.2 Å². The number of alkyl halides is 3. The maximum absolute atomic E-state index is 12.7. The SMILES string of the molecule is NC1=NN=C(N)C1=NNc1ccc(Cl)c(C(F)(F)F)c1. The van der Waals surface area contributed by atoms with E-state index in [4.69, 9.17) is 23.1 Å². The van der Waals surface area contributed by atoms with Crippen molar-refractivity contribution in [1.82, 2.24) is 0 Å². The highest BCUT2D eigenvalue weighted by molar-refractivity contribution is 6.68.